The van der Waals surface area contributed by atoms with Crippen molar-refractivity contribution in [1.82, 2.24) is 14.8 Å². The van der Waals surface area contributed by atoms with Gasteiger partial charge in [-0.15, -0.1) is 0 Å². The molecular weight excluding hydrogens is 281 g/mol. The first-order chi connectivity index (χ1) is 9.96. The van der Waals surface area contributed by atoms with Gasteiger partial charge in [-0.05, 0) is 18.6 Å². The number of piperazine rings is 1. The monoisotopic (exact) mass is 302 g/mol. The van der Waals surface area contributed by atoms with Gasteiger partial charge in [0.05, 0.1) is 6.54 Å². The van der Waals surface area contributed by atoms with Gasteiger partial charge in [0.25, 0.3) is 0 Å². The largest absolute Gasteiger partial charge is 0.401 e. The topological polar surface area (TPSA) is 31.4 Å². The second-order valence-electron chi connectivity index (χ2n) is 5.25. The fourth-order valence-corrected chi connectivity index (χ4v) is 2.42. The van der Waals surface area contributed by atoms with Crippen molar-refractivity contribution < 1.29 is 13.2 Å². The number of pyridine rings is 1. The second kappa shape index (κ2) is 7.09. The molecule has 0 unspecified atom stereocenters. The number of halogens is 3. The molecule has 0 amide bonds. The van der Waals surface area contributed by atoms with E-state index in [4.69, 9.17) is 0 Å². The predicted octanol–water partition coefficient (Wildman–Crippen LogP) is 2.19. The van der Waals surface area contributed by atoms with Crippen LogP contribution in [0.4, 0.5) is 19.0 Å². The molecule has 7 heteroatoms. The van der Waals surface area contributed by atoms with Gasteiger partial charge in [0.2, 0.25) is 0 Å². The third-order valence-electron chi connectivity index (χ3n) is 3.46. The number of nitrogens with one attached hydrogen (secondary N) is 1. The van der Waals surface area contributed by atoms with Crippen molar-refractivity contribution in [2.24, 2.45) is 0 Å². The van der Waals surface area contributed by atoms with E-state index in [9.17, 15) is 13.2 Å². The Morgan fingerprint density at radius 3 is 2.33 bits per heavy atom. The lowest BCUT2D eigenvalue weighted by molar-refractivity contribution is -0.149. The molecule has 2 rings (SSSR count). The van der Waals surface area contributed by atoms with E-state index < -0.39 is 12.7 Å². The van der Waals surface area contributed by atoms with Crippen molar-refractivity contribution in [3.8, 4) is 0 Å². The first kappa shape index (κ1) is 16.0. The van der Waals surface area contributed by atoms with Gasteiger partial charge in [-0.2, -0.15) is 13.2 Å². The third kappa shape index (κ3) is 5.51. The summed E-state index contributed by atoms with van der Waals surface area (Å²) in [5, 5.41) is 3.13. The molecular formula is C14H21F3N4. The summed E-state index contributed by atoms with van der Waals surface area (Å²) in [6.07, 6.45) is -2.28. The van der Waals surface area contributed by atoms with Crippen LogP contribution in [-0.2, 0) is 6.54 Å². The standard InChI is InChI=1S/C14H21F3N4/c1-2-18-13-4-3-12(9-19-13)10-20-5-7-21(8-6-20)11-14(15,16)17/h3-4,9H,2,5-8,10-11H2,1H3,(H,18,19). The molecule has 0 bridgehead atoms. The highest BCUT2D eigenvalue weighted by Crippen LogP contribution is 2.18. The minimum absolute atomic E-state index is 0.461. The zero-order valence-corrected chi connectivity index (χ0v) is 12.2. The molecule has 1 saturated heterocycles. The average Bonchev–Trinajstić information content (AvgIpc) is 2.42. The van der Waals surface area contributed by atoms with Gasteiger partial charge in [-0.1, -0.05) is 6.07 Å². The fourth-order valence-electron chi connectivity index (χ4n) is 2.42. The van der Waals surface area contributed by atoms with Crippen LogP contribution >= 0.6 is 0 Å². The maximum atomic E-state index is 12.3. The summed E-state index contributed by atoms with van der Waals surface area (Å²) in [6, 6.07) is 3.94. The Morgan fingerprint density at radius 2 is 1.81 bits per heavy atom. The Hall–Kier alpha value is -1.34. The molecule has 1 fully saturated rings. The van der Waals surface area contributed by atoms with E-state index in [1.54, 1.807) is 0 Å². The zero-order chi connectivity index (χ0) is 15.3. The molecule has 1 aromatic rings. The summed E-state index contributed by atoms with van der Waals surface area (Å²) < 4.78 is 36.9. The van der Waals surface area contributed by atoms with Crippen LogP contribution in [-0.4, -0.2) is 60.2 Å². The van der Waals surface area contributed by atoms with E-state index >= 15 is 0 Å². The van der Waals surface area contributed by atoms with Crippen LogP contribution in [0.2, 0.25) is 0 Å². The van der Waals surface area contributed by atoms with Gasteiger partial charge in [0, 0.05) is 45.5 Å². The van der Waals surface area contributed by atoms with Crippen LogP contribution in [0.15, 0.2) is 18.3 Å². The summed E-state index contributed by atoms with van der Waals surface area (Å²) in [6.45, 7) is 5.00. The zero-order valence-electron chi connectivity index (χ0n) is 12.2. The molecule has 1 aliphatic rings. The van der Waals surface area contributed by atoms with Gasteiger partial charge in [0.1, 0.15) is 5.82 Å². The van der Waals surface area contributed by atoms with Crippen molar-refractivity contribution in [3.05, 3.63) is 23.9 Å². The molecule has 0 atom stereocenters. The van der Waals surface area contributed by atoms with Crippen LogP contribution in [0, 0.1) is 0 Å². The summed E-state index contributed by atoms with van der Waals surface area (Å²) in [5.74, 6) is 0.844. The highest BCUT2D eigenvalue weighted by atomic mass is 19.4. The van der Waals surface area contributed by atoms with E-state index in [0.717, 1.165) is 24.5 Å². The van der Waals surface area contributed by atoms with E-state index in [0.29, 0.717) is 26.2 Å². The maximum absolute atomic E-state index is 12.3. The van der Waals surface area contributed by atoms with Crippen molar-refractivity contribution in [2.45, 2.75) is 19.6 Å². The smallest absolute Gasteiger partial charge is 0.370 e. The number of hydrogen-bond acceptors (Lipinski definition) is 4. The van der Waals surface area contributed by atoms with Crippen LogP contribution in [0.5, 0.6) is 0 Å². The first-order valence-electron chi connectivity index (χ1n) is 7.16. The quantitative estimate of drug-likeness (QED) is 0.903. The van der Waals surface area contributed by atoms with Crippen LogP contribution in [0.1, 0.15) is 12.5 Å². The van der Waals surface area contributed by atoms with Crippen LogP contribution in [0.25, 0.3) is 0 Å². The Balaban J connectivity index is 1.78. The van der Waals surface area contributed by atoms with Gasteiger partial charge >= 0.3 is 6.18 Å². The summed E-state index contributed by atoms with van der Waals surface area (Å²) in [4.78, 5) is 7.93. The Bertz CT molecular complexity index is 425. The molecule has 2 heterocycles. The van der Waals surface area contributed by atoms with Crippen molar-refractivity contribution >= 4 is 5.82 Å². The Morgan fingerprint density at radius 1 is 1.14 bits per heavy atom. The van der Waals surface area contributed by atoms with E-state index in [2.05, 4.69) is 15.2 Å². The molecule has 1 aromatic heterocycles. The minimum Gasteiger partial charge on any atom is -0.370 e. The fraction of sp³-hybridized carbons (Fsp3) is 0.643. The number of aromatic nitrogens is 1. The lowest BCUT2D eigenvalue weighted by Gasteiger charge is -2.34. The van der Waals surface area contributed by atoms with E-state index in [1.807, 2.05) is 25.3 Å². The molecule has 0 radical (unpaired) electrons. The summed E-state index contributed by atoms with van der Waals surface area (Å²) in [7, 11) is 0. The highest BCUT2D eigenvalue weighted by Gasteiger charge is 2.32. The van der Waals surface area contributed by atoms with E-state index in [-0.39, 0.29) is 0 Å². The van der Waals surface area contributed by atoms with Crippen molar-refractivity contribution in [3.63, 3.8) is 0 Å². The Labute approximate surface area is 122 Å². The first-order valence-corrected chi connectivity index (χ1v) is 7.16. The van der Waals surface area contributed by atoms with Crippen LogP contribution in [0.3, 0.4) is 0 Å². The molecule has 0 saturated carbocycles. The average molecular weight is 302 g/mol. The number of hydrogen-bond donors (Lipinski definition) is 1. The molecule has 1 N–H and O–H groups in total. The normalized spacial score (nSPS) is 17.9. The molecule has 0 spiro atoms. The lowest BCUT2D eigenvalue weighted by Crippen LogP contribution is -2.48. The maximum Gasteiger partial charge on any atom is 0.401 e. The van der Waals surface area contributed by atoms with Crippen molar-refractivity contribution in [2.75, 3.05) is 44.6 Å². The van der Waals surface area contributed by atoms with Crippen molar-refractivity contribution in [1.29, 1.82) is 0 Å². The van der Waals surface area contributed by atoms with E-state index in [1.165, 1.54) is 4.90 Å². The van der Waals surface area contributed by atoms with Gasteiger partial charge in [-0.25, -0.2) is 4.98 Å². The number of alkyl halides is 3. The molecule has 118 valence electrons. The number of rotatable bonds is 5. The summed E-state index contributed by atoms with van der Waals surface area (Å²) in [5.41, 5.74) is 1.08. The van der Waals surface area contributed by atoms with Gasteiger partial charge in [0.15, 0.2) is 0 Å². The number of nitrogens with zero attached hydrogens (tertiary/aromatic N) is 3. The third-order valence-corrected chi connectivity index (χ3v) is 3.46. The molecule has 4 nitrogen and oxygen atoms in total. The van der Waals surface area contributed by atoms with Crippen LogP contribution < -0.4 is 5.32 Å². The predicted molar refractivity (Wildman–Crippen MR) is 76.2 cm³/mol. The lowest BCUT2D eigenvalue weighted by atomic mass is 10.2. The van der Waals surface area contributed by atoms with Gasteiger partial charge in [-0.3, -0.25) is 9.80 Å². The molecule has 0 aliphatic carbocycles. The molecule has 1 aliphatic heterocycles. The Kier molecular flexibility index (Phi) is 5.41. The number of anilines is 1. The van der Waals surface area contributed by atoms with Gasteiger partial charge < -0.3 is 5.32 Å². The second-order valence-corrected chi connectivity index (χ2v) is 5.25. The highest BCUT2D eigenvalue weighted by molar-refractivity contribution is 5.35. The summed E-state index contributed by atoms with van der Waals surface area (Å²) >= 11 is 0. The minimum atomic E-state index is -4.10. The molecule has 21 heavy (non-hydrogen) atoms. The SMILES string of the molecule is CCNc1ccc(CN2CCN(CC(F)(F)F)CC2)cn1. The molecule has 0 aromatic carbocycles.